The van der Waals surface area contributed by atoms with Crippen LogP contribution in [-0.2, 0) is 9.53 Å². The topological polar surface area (TPSA) is 139 Å². The van der Waals surface area contributed by atoms with Crippen molar-refractivity contribution in [3.05, 3.63) is 51.3 Å². The van der Waals surface area contributed by atoms with Gasteiger partial charge in [-0.1, -0.05) is 0 Å². The minimum atomic E-state index is -0.633. The second-order valence-electron chi connectivity index (χ2n) is 5.16. The number of carbonyl (C=O) groups excluding carboxylic acids is 1. The monoisotopic (exact) mass is 374 g/mol. The number of aromatic nitrogens is 3. The van der Waals surface area contributed by atoms with Gasteiger partial charge in [0, 0.05) is 17.0 Å². The van der Waals surface area contributed by atoms with Crippen LogP contribution >= 0.6 is 11.8 Å². The molecular weight excluding hydrogens is 360 g/mol. The van der Waals surface area contributed by atoms with Gasteiger partial charge in [0.15, 0.2) is 11.7 Å². The first kappa shape index (κ1) is 17.6. The number of esters is 1. The lowest BCUT2D eigenvalue weighted by molar-refractivity contribution is -0.384. The molecule has 0 amide bonds. The molecule has 0 saturated heterocycles. The lowest BCUT2D eigenvalue weighted by Gasteiger charge is -2.11. The van der Waals surface area contributed by atoms with Crippen LogP contribution in [0.4, 0.5) is 5.69 Å². The van der Waals surface area contributed by atoms with Gasteiger partial charge >= 0.3 is 5.97 Å². The number of amidine groups is 1. The summed E-state index contributed by atoms with van der Waals surface area (Å²) in [7, 11) is 0. The maximum absolute atomic E-state index is 12.5. The number of carbonyl (C=O) groups is 1. The summed E-state index contributed by atoms with van der Waals surface area (Å²) in [6.07, 6.45) is 0. The zero-order valence-corrected chi connectivity index (χ0v) is 14.7. The van der Waals surface area contributed by atoms with Crippen molar-refractivity contribution in [3.63, 3.8) is 0 Å². The van der Waals surface area contributed by atoms with E-state index in [1.165, 1.54) is 28.9 Å². The van der Waals surface area contributed by atoms with E-state index in [2.05, 4.69) is 15.3 Å². The first-order chi connectivity index (χ1) is 12.4. The standard InChI is InChI=1S/C15H14N6O4S/c1-3-25-14(22)11-12(9-4-6-10(7-5-9)21(23)24)26-15-18-17-8(2)20(15)19-13(11)16/h4-7H,3H2,1-2H3,(H2,16,19). The third-order valence-corrected chi connectivity index (χ3v) is 4.55. The molecule has 2 heterocycles. The van der Waals surface area contributed by atoms with Crippen molar-refractivity contribution >= 4 is 34.2 Å². The van der Waals surface area contributed by atoms with Gasteiger partial charge < -0.3 is 10.5 Å². The highest BCUT2D eigenvalue weighted by Gasteiger charge is 2.28. The molecule has 1 aliphatic rings. The van der Waals surface area contributed by atoms with E-state index in [0.717, 1.165) is 11.8 Å². The van der Waals surface area contributed by atoms with Gasteiger partial charge in [0.2, 0.25) is 5.16 Å². The van der Waals surface area contributed by atoms with Gasteiger partial charge in [0.1, 0.15) is 5.57 Å². The second kappa shape index (κ2) is 6.96. The zero-order chi connectivity index (χ0) is 18.8. The molecule has 0 fully saturated rings. The predicted octanol–water partition coefficient (Wildman–Crippen LogP) is 1.70. The molecule has 1 aromatic carbocycles. The van der Waals surface area contributed by atoms with E-state index in [9.17, 15) is 14.9 Å². The Balaban J connectivity index is 2.17. The van der Waals surface area contributed by atoms with E-state index in [0.29, 0.717) is 21.4 Å². The second-order valence-corrected chi connectivity index (χ2v) is 6.13. The number of benzene rings is 1. The maximum Gasteiger partial charge on any atom is 0.343 e. The van der Waals surface area contributed by atoms with Crippen molar-refractivity contribution in [1.82, 2.24) is 14.9 Å². The molecule has 0 radical (unpaired) electrons. The summed E-state index contributed by atoms with van der Waals surface area (Å²) in [4.78, 5) is 23.3. The highest BCUT2D eigenvalue weighted by molar-refractivity contribution is 8.08. The molecule has 0 spiro atoms. The van der Waals surface area contributed by atoms with E-state index in [1.807, 2.05) is 0 Å². The van der Waals surface area contributed by atoms with Crippen molar-refractivity contribution in [1.29, 1.82) is 0 Å². The number of ether oxygens (including phenoxy) is 1. The Bertz CT molecular complexity index is 948. The van der Waals surface area contributed by atoms with Gasteiger partial charge in [-0.25, -0.2) is 4.79 Å². The number of rotatable bonds is 4. The van der Waals surface area contributed by atoms with Crippen LogP contribution in [0.3, 0.4) is 0 Å². The highest BCUT2D eigenvalue weighted by Crippen LogP contribution is 2.39. The number of nitro groups is 1. The van der Waals surface area contributed by atoms with Crippen LogP contribution in [-0.4, -0.2) is 38.2 Å². The van der Waals surface area contributed by atoms with Crippen LogP contribution < -0.4 is 5.73 Å². The molecule has 3 rings (SSSR count). The smallest absolute Gasteiger partial charge is 0.343 e. The summed E-state index contributed by atoms with van der Waals surface area (Å²) in [6.45, 7) is 3.55. The Hall–Kier alpha value is -3.21. The van der Waals surface area contributed by atoms with Crippen LogP contribution in [0.2, 0.25) is 0 Å². The minimum absolute atomic E-state index is 0.0500. The molecular formula is C15H14N6O4S. The molecule has 26 heavy (non-hydrogen) atoms. The van der Waals surface area contributed by atoms with Gasteiger partial charge in [-0.05, 0) is 43.3 Å². The summed E-state index contributed by atoms with van der Waals surface area (Å²) in [5, 5.41) is 23.5. The lowest BCUT2D eigenvalue weighted by Crippen LogP contribution is -2.24. The van der Waals surface area contributed by atoms with Crippen molar-refractivity contribution in [2.45, 2.75) is 19.0 Å². The lowest BCUT2D eigenvalue weighted by atomic mass is 10.1. The van der Waals surface area contributed by atoms with Crippen molar-refractivity contribution in [3.8, 4) is 0 Å². The van der Waals surface area contributed by atoms with E-state index < -0.39 is 10.9 Å². The molecule has 0 saturated carbocycles. The highest BCUT2D eigenvalue weighted by atomic mass is 32.2. The van der Waals surface area contributed by atoms with Crippen LogP contribution in [0, 0.1) is 17.0 Å². The fraction of sp³-hybridized carbons (Fsp3) is 0.200. The Morgan fingerprint density at radius 1 is 1.35 bits per heavy atom. The number of thioether (sulfide) groups is 1. The summed E-state index contributed by atoms with van der Waals surface area (Å²) in [6, 6.07) is 5.76. The molecule has 10 nitrogen and oxygen atoms in total. The van der Waals surface area contributed by atoms with Gasteiger partial charge in [-0.15, -0.1) is 15.3 Å². The first-order valence-electron chi connectivity index (χ1n) is 7.53. The Morgan fingerprint density at radius 2 is 2.04 bits per heavy atom. The van der Waals surface area contributed by atoms with Gasteiger partial charge in [-0.2, -0.15) is 4.68 Å². The molecule has 0 bridgehead atoms. The minimum Gasteiger partial charge on any atom is -0.462 e. The van der Waals surface area contributed by atoms with Gasteiger partial charge in [0.05, 0.1) is 11.5 Å². The third kappa shape index (κ3) is 3.16. The number of hydrogen-bond donors (Lipinski definition) is 1. The number of hydrogen-bond acceptors (Lipinski definition) is 9. The summed E-state index contributed by atoms with van der Waals surface area (Å²) < 4.78 is 6.53. The maximum atomic E-state index is 12.5. The largest absolute Gasteiger partial charge is 0.462 e. The van der Waals surface area contributed by atoms with Crippen LogP contribution in [0.25, 0.3) is 4.91 Å². The fourth-order valence-electron chi connectivity index (χ4n) is 2.27. The number of nitrogens with two attached hydrogens (primary N) is 1. The molecule has 0 aliphatic carbocycles. The van der Waals surface area contributed by atoms with Crippen molar-refractivity contribution in [2.24, 2.45) is 10.8 Å². The molecule has 2 aromatic rings. The quantitative estimate of drug-likeness (QED) is 0.484. The molecule has 11 heteroatoms. The van der Waals surface area contributed by atoms with Crippen LogP contribution in [0.15, 0.2) is 40.1 Å². The summed E-state index contributed by atoms with van der Waals surface area (Å²) in [5.74, 6) is -0.180. The molecule has 1 aromatic heterocycles. The van der Waals surface area contributed by atoms with E-state index >= 15 is 0 Å². The molecule has 0 atom stereocenters. The fourth-order valence-corrected chi connectivity index (χ4v) is 3.34. The Morgan fingerprint density at radius 3 is 2.65 bits per heavy atom. The first-order valence-corrected chi connectivity index (χ1v) is 8.35. The van der Waals surface area contributed by atoms with Crippen molar-refractivity contribution in [2.75, 3.05) is 6.61 Å². The molecule has 134 valence electrons. The number of aryl methyl sites for hydroxylation is 1. The third-order valence-electron chi connectivity index (χ3n) is 3.47. The summed E-state index contributed by atoms with van der Waals surface area (Å²) in [5.41, 5.74) is 6.62. The number of nitro benzene ring substituents is 1. The SMILES string of the molecule is CCOC(=O)C1=C(c2ccc([N+](=O)[O-])cc2)Sc2nnc(C)n2N=C1N. The van der Waals surface area contributed by atoms with E-state index in [-0.39, 0.29) is 23.7 Å². The van der Waals surface area contributed by atoms with Gasteiger partial charge in [0.25, 0.3) is 5.69 Å². The Labute approximate surface area is 151 Å². The molecule has 1 aliphatic heterocycles. The average molecular weight is 374 g/mol. The van der Waals surface area contributed by atoms with Crippen LogP contribution in [0.1, 0.15) is 18.3 Å². The zero-order valence-electron chi connectivity index (χ0n) is 13.9. The van der Waals surface area contributed by atoms with E-state index in [4.69, 9.17) is 10.5 Å². The van der Waals surface area contributed by atoms with Gasteiger partial charge in [-0.3, -0.25) is 10.1 Å². The number of non-ortho nitro benzene ring substituents is 1. The van der Waals surface area contributed by atoms with Crippen molar-refractivity contribution < 1.29 is 14.5 Å². The number of fused-ring (bicyclic) bond motifs is 1. The average Bonchev–Trinajstić information content (AvgIpc) is 2.86. The van der Waals surface area contributed by atoms with E-state index in [1.54, 1.807) is 13.8 Å². The number of nitrogens with zero attached hydrogens (tertiary/aromatic N) is 5. The molecule has 2 N–H and O–H groups in total. The normalized spacial score (nSPS) is 13.7. The molecule has 0 unspecified atom stereocenters. The Kier molecular flexibility index (Phi) is 4.71. The van der Waals surface area contributed by atoms with Crippen LogP contribution in [0.5, 0.6) is 0 Å². The summed E-state index contributed by atoms with van der Waals surface area (Å²) >= 11 is 1.14. The predicted molar refractivity (Wildman–Crippen MR) is 94.3 cm³/mol.